The molecule has 0 aliphatic carbocycles. The number of carbonyl (C=O) groups excluding carboxylic acids is 1. The first-order valence-electron chi connectivity index (χ1n) is 9.47. The van der Waals surface area contributed by atoms with Crippen LogP contribution in [0.15, 0.2) is 23.5 Å². The van der Waals surface area contributed by atoms with E-state index in [1.165, 1.54) is 12.2 Å². The second-order valence-corrected chi connectivity index (χ2v) is 7.28. The van der Waals surface area contributed by atoms with E-state index in [9.17, 15) is 4.79 Å². The predicted octanol–water partition coefficient (Wildman–Crippen LogP) is 1.44. The van der Waals surface area contributed by atoms with E-state index in [2.05, 4.69) is 36.7 Å². The Morgan fingerprint density at radius 1 is 1.14 bits per heavy atom. The van der Waals surface area contributed by atoms with Crippen LogP contribution in [0.2, 0.25) is 0 Å². The molecular weight excluding hydrogens is 489 g/mol. The lowest BCUT2D eigenvalue weighted by Gasteiger charge is -2.34. The lowest BCUT2D eigenvalue weighted by Crippen LogP contribution is -2.50. The summed E-state index contributed by atoms with van der Waals surface area (Å²) in [6.07, 6.45) is 8.40. The fourth-order valence-electron chi connectivity index (χ4n) is 2.86. The predicted molar refractivity (Wildman–Crippen MR) is 128 cm³/mol. The number of carbonyl (C=O) groups is 1. The fraction of sp³-hybridized carbons (Fsp3) is 0.667. The van der Waals surface area contributed by atoms with Crippen LogP contribution in [-0.4, -0.2) is 85.1 Å². The largest absolute Gasteiger partial charge is 0.356 e. The number of anilines is 1. The smallest absolute Gasteiger partial charge is 0.225 e. The summed E-state index contributed by atoms with van der Waals surface area (Å²) in [6.45, 7) is 4.44. The van der Waals surface area contributed by atoms with Gasteiger partial charge in [0.15, 0.2) is 5.96 Å². The van der Waals surface area contributed by atoms with Gasteiger partial charge in [0.05, 0.1) is 0 Å². The van der Waals surface area contributed by atoms with E-state index in [-0.39, 0.29) is 29.9 Å². The van der Waals surface area contributed by atoms with Crippen molar-refractivity contribution in [3.8, 4) is 0 Å². The number of rotatable bonds is 9. The summed E-state index contributed by atoms with van der Waals surface area (Å²) < 4.78 is 0. The zero-order chi connectivity index (χ0) is 19.3. The highest BCUT2D eigenvalue weighted by Crippen LogP contribution is 2.10. The first-order valence-corrected chi connectivity index (χ1v) is 10.9. The summed E-state index contributed by atoms with van der Waals surface area (Å²) in [5.74, 6) is 2.86. The molecular formula is C18H32IN7OS. The molecule has 0 unspecified atom stereocenters. The Balaban J connectivity index is 0.00000392. The topological polar surface area (TPSA) is 85.8 Å². The summed E-state index contributed by atoms with van der Waals surface area (Å²) in [5.41, 5.74) is 0. The Morgan fingerprint density at radius 3 is 2.46 bits per heavy atom. The summed E-state index contributed by atoms with van der Waals surface area (Å²) in [4.78, 5) is 29.2. The van der Waals surface area contributed by atoms with Crippen LogP contribution in [0.25, 0.3) is 0 Å². The number of thioether (sulfide) groups is 1. The second-order valence-electron chi connectivity index (χ2n) is 6.29. The van der Waals surface area contributed by atoms with Crippen LogP contribution in [0.4, 0.5) is 5.95 Å². The average Bonchev–Trinajstić information content (AvgIpc) is 2.73. The maximum atomic E-state index is 12.4. The van der Waals surface area contributed by atoms with Gasteiger partial charge in [-0.1, -0.05) is 0 Å². The maximum Gasteiger partial charge on any atom is 0.225 e. The number of aromatic nitrogens is 2. The van der Waals surface area contributed by atoms with Crippen molar-refractivity contribution in [2.24, 2.45) is 4.99 Å². The van der Waals surface area contributed by atoms with E-state index in [0.29, 0.717) is 26.1 Å². The van der Waals surface area contributed by atoms with E-state index in [1.54, 1.807) is 19.4 Å². The van der Waals surface area contributed by atoms with Crippen molar-refractivity contribution in [1.29, 1.82) is 0 Å². The molecule has 1 fully saturated rings. The van der Waals surface area contributed by atoms with Crippen LogP contribution < -0.4 is 15.5 Å². The molecule has 0 saturated carbocycles. The molecule has 2 heterocycles. The molecule has 158 valence electrons. The quantitative estimate of drug-likeness (QED) is 0.220. The number of aliphatic imine (C=N–C) groups is 1. The number of nitrogens with zero attached hydrogens (tertiary/aromatic N) is 5. The summed E-state index contributed by atoms with van der Waals surface area (Å²) in [5, 5.41) is 6.51. The monoisotopic (exact) mass is 521 g/mol. The van der Waals surface area contributed by atoms with Crippen LogP contribution >= 0.6 is 35.7 Å². The molecule has 1 aliphatic heterocycles. The van der Waals surface area contributed by atoms with Crippen molar-refractivity contribution in [2.45, 2.75) is 19.3 Å². The van der Waals surface area contributed by atoms with Gasteiger partial charge in [-0.3, -0.25) is 9.79 Å². The molecule has 1 aliphatic rings. The highest BCUT2D eigenvalue weighted by Gasteiger charge is 2.22. The minimum absolute atomic E-state index is 0. The molecule has 0 spiro atoms. The van der Waals surface area contributed by atoms with Crippen molar-refractivity contribution >= 4 is 53.6 Å². The molecule has 1 saturated heterocycles. The molecule has 1 aromatic rings. The van der Waals surface area contributed by atoms with Gasteiger partial charge < -0.3 is 20.4 Å². The number of amides is 1. The van der Waals surface area contributed by atoms with Crippen molar-refractivity contribution < 1.29 is 4.79 Å². The van der Waals surface area contributed by atoms with E-state index in [1.807, 2.05) is 22.7 Å². The van der Waals surface area contributed by atoms with Crippen LogP contribution in [-0.2, 0) is 4.79 Å². The Labute approximate surface area is 189 Å². The lowest BCUT2D eigenvalue weighted by atomic mass is 10.3. The minimum atomic E-state index is 0. The van der Waals surface area contributed by atoms with Crippen molar-refractivity contribution in [3.05, 3.63) is 18.5 Å². The number of hydrogen-bond acceptors (Lipinski definition) is 6. The zero-order valence-electron chi connectivity index (χ0n) is 16.8. The van der Waals surface area contributed by atoms with E-state index >= 15 is 0 Å². The normalized spacial score (nSPS) is 14.4. The third-order valence-corrected chi connectivity index (χ3v) is 5.09. The second kappa shape index (κ2) is 14.7. The van der Waals surface area contributed by atoms with Crippen LogP contribution in [0.1, 0.15) is 19.3 Å². The Morgan fingerprint density at radius 2 is 1.82 bits per heavy atom. The number of halogens is 1. The Kier molecular flexibility index (Phi) is 13.0. The van der Waals surface area contributed by atoms with Gasteiger partial charge in [-0.2, -0.15) is 11.8 Å². The first kappa shape index (κ1) is 24.7. The van der Waals surface area contributed by atoms with Crippen LogP contribution in [0.3, 0.4) is 0 Å². The SMILES string of the molecule is CN=C(NCCCCSC)NCCC(=O)N1CCN(c2ncccn2)CC1.I. The molecule has 0 radical (unpaired) electrons. The van der Waals surface area contributed by atoms with Crippen LogP contribution in [0.5, 0.6) is 0 Å². The molecule has 2 N–H and O–H groups in total. The van der Waals surface area contributed by atoms with Gasteiger partial charge in [-0.05, 0) is 30.9 Å². The Hall–Kier alpha value is -1.30. The number of unbranched alkanes of at least 4 members (excludes halogenated alkanes) is 1. The number of guanidine groups is 1. The maximum absolute atomic E-state index is 12.4. The number of hydrogen-bond donors (Lipinski definition) is 2. The summed E-state index contributed by atoms with van der Waals surface area (Å²) >= 11 is 1.87. The van der Waals surface area contributed by atoms with Crippen molar-refractivity contribution in [3.63, 3.8) is 0 Å². The van der Waals surface area contributed by atoms with Gasteiger partial charge in [0.25, 0.3) is 0 Å². The zero-order valence-corrected chi connectivity index (χ0v) is 19.9. The highest BCUT2D eigenvalue weighted by atomic mass is 127. The molecule has 10 heteroatoms. The van der Waals surface area contributed by atoms with E-state index in [4.69, 9.17) is 0 Å². The van der Waals surface area contributed by atoms with E-state index < -0.39 is 0 Å². The van der Waals surface area contributed by atoms with Crippen molar-refractivity contribution in [2.75, 3.05) is 63.2 Å². The van der Waals surface area contributed by atoms with Gasteiger partial charge in [-0.15, -0.1) is 24.0 Å². The fourth-order valence-corrected chi connectivity index (χ4v) is 3.35. The van der Waals surface area contributed by atoms with Gasteiger partial charge in [0, 0.05) is 65.1 Å². The van der Waals surface area contributed by atoms with Gasteiger partial charge in [0.2, 0.25) is 11.9 Å². The Bertz CT molecular complexity index is 583. The third kappa shape index (κ3) is 8.80. The first-order chi connectivity index (χ1) is 13.2. The molecule has 0 bridgehead atoms. The van der Waals surface area contributed by atoms with Gasteiger partial charge >= 0.3 is 0 Å². The molecule has 0 atom stereocenters. The summed E-state index contributed by atoms with van der Waals surface area (Å²) in [7, 11) is 1.75. The molecule has 1 aromatic heterocycles. The van der Waals surface area contributed by atoms with E-state index in [0.717, 1.165) is 38.0 Å². The standard InChI is InChI=1S/C18H31N7OS.HI/c1-19-17(20-7-3-4-15-27-2)21-10-6-16(26)24-11-13-25(14-12-24)18-22-8-5-9-23-18;/h5,8-9H,3-4,6-7,10-15H2,1-2H3,(H2,19,20,21);1H. The van der Waals surface area contributed by atoms with Gasteiger partial charge in [-0.25, -0.2) is 9.97 Å². The molecule has 28 heavy (non-hydrogen) atoms. The molecule has 8 nitrogen and oxygen atoms in total. The molecule has 2 rings (SSSR count). The summed E-state index contributed by atoms with van der Waals surface area (Å²) in [6, 6.07) is 1.81. The molecule has 1 amide bonds. The highest BCUT2D eigenvalue weighted by molar-refractivity contribution is 14.0. The van der Waals surface area contributed by atoms with Gasteiger partial charge in [0.1, 0.15) is 0 Å². The molecule has 0 aromatic carbocycles. The third-order valence-electron chi connectivity index (χ3n) is 4.39. The van der Waals surface area contributed by atoms with Crippen LogP contribution in [0, 0.1) is 0 Å². The van der Waals surface area contributed by atoms with Crippen molar-refractivity contribution in [1.82, 2.24) is 25.5 Å². The number of nitrogens with one attached hydrogen (secondary N) is 2. The minimum Gasteiger partial charge on any atom is -0.356 e. The number of piperazine rings is 1. The lowest BCUT2D eigenvalue weighted by molar-refractivity contribution is -0.131. The average molecular weight is 521 g/mol.